The lowest BCUT2D eigenvalue weighted by Gasteiger charge is -2.31. The predicted molar refractivity (Wildman–Crippen MR) is 126 cm³/mol. The van der Waals surface area contributed by atoms with E-state index in [2.05, 4.69) is 47.1 Å². The monoisotopic (exact) mass is 442 g/mol. The number of nitrogens with zero attached hydrogens (tertiary/aromatic N) is 1. The van der Waals surface area contributed by atoms with Crippen molar-refractivity contribution in [1.82, 2.24) is 10.4 Å². The maximum absolute atomic E-state index is 12.0. The topological polar surface area (TPSA) is 69.6 Å². The first-order valence-electron chi connectivity index (χ1n) is 11.2. The van der Waals surface area contributed by atoms with Gasteiger partial charge in [-0.25, -0.2) is 5.48 Å². The van der Waals surface area contributed by atoms with Gasteiger partial charge in [-0.05, 0) is 55.9 Å². The summed E-state index contributed by atoms with van der Waals surface area (Å²) in [6, 6.07) is 8.56. The van der Waals surface area contributed by atoms with E-state index in [1.165, 1.54) is 49.5 Å². The van der Waals surface area contributed by atoms with E-state index in [4.69, 9.17) is 5.21 Å². The summed E-state index contributed by atoms with van der Waals surface area (Å²) in [7, 11) is -1.37. The van der Waals surface area contributed by atoms with Gasteiger partial charge in [-0.3, -0.25) is 19.1 Å². The molecule has 2 aliphatic rings. The first-order valence-corrected chi connectivity index (χ1v) is 12.8. The second-order valence-corrected chi connectivity index (χ2v) is 10.6. The Kier molecular flexibility index (Phi) is 8.48. The molecule has 6 heteroatoms. The van der Waals surface area contributed by atoms with Gasteiger partial charge in [0.25, 0.3) is 5.91 Å². The van der Waals surface area contributed by atoms with E-state index < -0.39 is 21.5 Å². The second-order valence-electron chi connectivity index (χ2n) is 8.84. The highest BCUT2D eigenvalue weighted by Crippen LogP contribution is 2.25. The molecule has 1 aliphatic heterocycles. The fraction of sp³-hybridized carbons (Fsp3) is 0.560. The fourth-order valence-corrected chi connectivity index (χ4v) is 4.94. The standard InChI is InChI=1S/C25H34N2O3S/c1-25(31(2)30,24(28)26-29)16-19-27-17-14-23(15-18-27)22-12-10-21(11-13-22)9-8-20-6-4-3-5-7-20/h10-14,20,29H,3-7,15-19H2,1-2H3,(H,26,28). The van der Waals surface area contributed by atoms with Gasteiger partial charge < -0.3 is 0 Å². The molecule has 0 spiro atoms. The van der Waals surface area contributed by atoms with Crippen LogP contribution in [0.15, 0.2) is 30.3 Å². The Hall–Kier alpha value is -1.94. The average molecular weight is 443 g/mol. The summed E-state index contributed by atoms with van der Waals surface area (Å²) in [4.78, 5) is 14.2. The van der Waals surface area contributed by atoms with Gasteiger partial charge in [0.05, 0.1) is 0 Å². The highest BCUT2D eigenvalue weighted by molar-refractivity contribution is 7.86. The van der Waals surface area contributed by atoms with E-state index in [9.17, 15) is 9.00 Å². The van der Waals surface area contributed by atoms with Crippen LogP contribution in [0.25, 0.3) is 5.57 Å². The molecule has 0 saturated heterocycles. The zero-order valence-electron chi connectivity index (χ0n) is 18.7. The fourth-order valence-electron chi connectivity index (χ4n) is 4.25. The van der Waals surface area contributed by atoms with Crippen molar-refractivity contribution < 1.29 is 14.2 Å². The largest absolute Gasteiger partial charge is 0.299 e. The number of benzene rings is 1. The average Bonchev–Trinajstić information content (AvgIpc) is 2.82. The highest BCUT2D eigenvalue weighted by Gasteiger charge is 2.37. The van der Waals surface area contributed by atoms with Crippen LogP contribution in [0.4, 0.5) is 0 Å². The molecule has 0 bridgehead atoms. The molecule has 2 N–H and O–H groups in total. The molecule has 1 aromatic carbocycles. The zero-order chi connectivity index (χ0) is 22.3. The lowest BCUT2D eigenvalue weighted by molar-refractivity contribution is -0.131. The van der Waals surface area contributed by atoms with Crippen LogP contribution in [0.1, 0.15) is 63.0 Å². The van der Waals surface area contributed by atoms with E-state index in [1.54, 1.807) is 12.4 Å². The zero-order valence-corrected chi connectivity index (χ0v) is 19.5. The van der Waals surface area contributed by atoms with Gasteiger partial charge in [0.1, 0.15) is 4.75 Å². The molecule has 1 aromatic rings. The number of hydrogen-bond acceptors (Lipinski definition) is 4. The van der Waals surface area contributed by atoms with Crippen molar-refractivity contribution in [1.29, 1.82) is 0 Å². The number of carbonyl (C=O) groups is 1. The summed E-state index contributed by atoms with van der Waals surface area (Å²) in [6.07, 6.45) is 11.6. The third-order valence-electron chi connectivity index (χ3n) is 6.70. The third-order valence-corrected chi connectivity index (χ3v) is 8.35. The number of hydrogen-bond donors (Lipinski definition) is 2. The van der Waals surface area contributed by atoms with Gasteiger partial charge >= 0.3 is 0 Å². The molecule has 0 aromatic heterocycles. The van der Waals surface area contributed by atoms with E-state index in [0.29, 0.717) is 18.9 Å². The van der Waals surface area contributed by atoms with E-state index in [-0.39, 0.29) is 0 Å². The Labute approximate surface area is 188 Å². The first kappa shape index (κ1) is 23.7. The quantitative estimate of drug-likeness (QED) is 0.400. The molecule has 2 unspecified atom stereocenters. The number of amides is 1. The molecule has 5 nitrogen and oxygen atoms in total. The van der Waals surface area contributed by atoms with Crippen LogP contribution < -0.4 is 5.48 Å². The summed E-state index contributed by atoms with van der Waals surface area (Å²) in [5.74, 6) is 6.78. The highest BCUT2D eigenvalue weighted by atomic mass is 32.2. The SMILES string of the molecule is CS(=O)C(C)(CCN1CC=C(c2ccc(C#CC3CCCCC3)cc2)CC1)C(=O)NO. The van der Waals surface area contributed by atoms with Crippen molar-refractivity contribution in [2.75, 3.05) is 25.9 Å². The van der Waals surface area contributed by atoms with Gasteiger partial charge in [-0.2, -0.15) is 0 Å². The Morgan fingerprint density at radius 3 is 2.55 bits per heavy atom. The number of rotatable bonds is 6. The van der Waals surface area contributed by atoms with Crippen LogP contribution in [0.3, 0.4) is 0 Å². The Morgan fingerprint density at radius 2 is 1.97 bits per heavy atom. The Morgan fingerprint density at radius 1 is 1.26 bits per heavy atom. The van der Waals surface area contributed by atoms with Crippen molar-refractivity contribution >= 4 is 22.3 Å². The van der Waals surface area contributed by atoms with Crippen LogP contribution >= 0.6 is 0 Å². The van der Waals surface area contributed by atoms with E-state index >= 15 is 0 Å². The third kappa shape index (κ3) is 6.29. The minimum Gasteiger partial charge on any atom is -0.299 e. The molecule has 2 atom stereocenters. The number of hydroxylamine groups is 1. The smallest absolute Gasteiger partial charge is 0.261 e. The van der Waals surface area contributed by atoms with Gasteiger partial charge in [-0.1, -0.05) is 49.3 Å². The summed E-state index contributed by atoms with van der Waals surface area (Å²) < 4.78 is 10.9. The number of nitrogens with one attached hydrogen (secondary N) is 1. The summed E-state index contributed by atoms with van der Waals surface area (Å²) >= 11 is 0. The summed E-state index contributed by atoms with van der Waals surface area (Å²) in [5, 5.41) is 8.97. The lowest BCUT2D eigenvalue weighted by Crippen LogP contribution is -2.48. The Bertz CT molecular complexity index is 878. The Balaban J connectivity index is 1.54. The molecule has 1 saturated carbocycles. The van der Waals surface area contributed by atoms with Crippen LogP contribution in [-0.2, 0) is 15.6 Å². The molecule has 1 fully saturated rings. The van der Waals surface area contributed by atoms with Gasteiger partial charge in [-0.15, -0.1) is 0 Å². The summed E-state index contributed by atoms with van der Waals surface area (Å²) in [6.45, 7) is 3.98. The van der Waals surface area contributed by atoms with E-state index in [0.717, 1.165) is 25.1 Å². The number of carbonyl (C=O) groups excluding carboxylic acids is 1. The van der Waals surface area contributed by atoms with Crippen LogP contribution in [0, 0.1) is 17.8 Å². The molecule has 168 valence electrons. The van der Waals surface area contributed by atoms with Crippen LogP contribution in [-0.4, -0.2) is 50.9 Å². The lowest BCUT2D eigenvalue weighted by atomic mass is 9.89. The maximum Gasteiger partial charge on any atom is 0.261 e. The molecule has 31 heavy (non-hydrogen) atoms. The molecular weight excluding hydrogens is 408 g/mol. The van der Waals surface area contributed by atoms with Crippen LogP contribution in [0.2, 0.25) is 0 Å². The second kappa shape index (κ2) is 11.1. The van der Waals surface area contributed by atoms with Crippen LogP contribution in [0.5, 0.6) is 0 Å². The molecule has 1 amide bonds. The van der Waals surface area contributed by atoms with Crippen molar-refractivity contribution in [3.8, 4) is 11.8 Å². The van der Waals surface area contributed by atoms with Crippen molar-refractivity contribution in [2.24, 2.45) is 5.92 Å². The minimum absolute atomic E-state index is 0.431. The molecule has 0 radical (unpaired) electrons. The van der Waals surface area contributed by atoms with Gasteiger partial charge in [0, 0.05) is 48.2 Å². The predicted octanol–water partition coefficient (Wildman–Crippen LogP) is 3.74. The minimum atomic E-state index is -1.37. The van der Waals surface area contributed by atoms with Crippen molar-refractivity contribution in [3.05, 3.63) is 41.5 Å². The first-order chi connectivity index (χ1) is 14.9. The molecule has 1 heterocycles. The molecule has 3 rings (SSSR count). The molecular formula is C25H34N2O3S. The normalized spacial score (nSPS) is 20.7. The van der Waals surface area contributed by atoms with E-state index in [1.807, 2.05) is 0 Å². The van der Waals surface area contributed by atoms with Crippen molar-refractivity contribution in [3.63, 3.8) is 0 Å². The maximum atomic E-state index is 12.0. The van der Waals surface area contributed by atoms with Gasteiger partial charge in [0.2, 0.25) is 0 Å². The molecule has 1 aliphatic carbocycles. The summed E-state index contributed by atoms with van der Waals surface area (Å²) in [5.41, 5.74) is 5.32. The van der Waals surface area contributed by atoms with Gasteiger partial charge in [0.15, 0.2) is 0 Å². The van der Waals surface area contributed by atoms with Crippen molar-refractivity contribution in [2.45, 2.75) is 56.6 Å².